The third-order valence-corrected chi connectivity index (χ3v) is 5.44. The van der Waals surface area contributed by atoms with Gasteiger partial charge in [-0.3, -0.25) is 4.79 Å². The lowest BCUT2D eigenvalue weighted by molar-refractivity contribution is 0.0946. The van der Waals surface area contributed by atoms with Crippen LogP contribution < -0.4 is 14.8 Å². The van der Waals surface area contributed by atoms with E-state index in [-0.39, 0.29) is 24.4 Å². The Morgan fingerprint density at radius 1 is 1.21 bits per heavy atom. The number of imidazole rings is 1. The second kappa shape index (κ2) is 7.24. The van der Waals surface area contributed by atoms with Crippen LogP contribution in [-0.2, 0) is 19.5 Å². The number of aromatic nitrogens is 2. The van der Waals surface area contributed by atoms with Crippen molar-refractivity contribution in [1.29, 1.82) is 0 Å². The first-order valence-electron chi connectivity index (χ1n) is 9.64. The van der Waals surface area contributed by atoms with Gasteiger partial charge in [0.05, 0.1) is 0 Å². The topological polar surface area (TPSA) is 65.4 Å². The molecule has 148 valence electrons. The molecule has 1 amide bonds. The van der Waals surface area contributed by atoms with Gasteiger partial charge in [0.2, 0.25) is 6.79 Å². The maximum atomic E-state index is 13.5. The molecule has 0 fully saturated rings. The second-order valence-electron chi connectivity index (χ2n) is 7.36. The lowest BCUT2D eigenvalue weighted by Gasteiger charge is -2.24. The standard InChI is InChI=1S/C22H20FN3O3/c23-17-3-1-2-15(9-17)16-5-7-21-25-18(12-26(21)11-16)22(27)24-10-14-4-6-19-20(8-14)29-13-28-19/h1-4,6,8-9,12,16H,5,7,10-11,13H2,(H,24,27). The van der Waals surface area contributed by atoms with Crippen molar-refractivity contribution in [3.8, 4) is 11.5 Å². The van der Waals surface area contributed by atoms with E-state index >= 15 is 0 Å². The normalized spacial score (nSPS) is 17.1. The summed E-state index contributed by atoms with van der Waals surface area (Å²) >= 11 is 0. The SMILES string of the molecule is O=C(NCc1ccc2c(c1)OCO2)c1cn2c(n1)CCC(c1cccc(F)c1)C2. The number of hydrogen-bond donors (Lipinski definition) is 1. The number of carbonyl (C=O) groups is 1. The Morgan fingerprint density at radius 3 is 3.00 bits per heavy atom. The summed E-state index contributed by atoms with van der Waals surface area (Å²) in [5.41, 5.74) is 2.32. The Balaban J connectivity index is 1.25. The van der Waals surface area contributed by atoms with E-state index in [0.29, 0.717) is 24.5 Å². The molecule has 0 radical (unpaired) electrons. The zero-order chi connectivity index (χ0) is 19.8. The Kier molecular flexibility index (Phi) is 4.42. The highest BCUT2D eigenvalue weighted by Crippen LogP contribution is 2.32. The zero-order valence-corrected chi connectivity index (χ0v) is 15.7. The molecule has 0 spiro atoms. The van der Waals surface area contributed by atoms with Crippen molar-refractivity contribution < 1.29 is 18.7 Å². The van der Waals surface area contributed by atoms with Crippen molar-refractivity contribution >= 4 is 5.91 Å². The highest BCUT2D eigenvalue weighted by atomic mass is 19.1. The van der Waals surface area contributed by atoms with Gasteiger partial charge in [-0.15, -0.1) is 0 Å². The van der Waals surface area contributed by atoms with Gasteiger partial charge in [-0.1, -0.05) is 18.2 Å². The predicted molar refractivity (Wildman–Crippen MR) is 103 cm³/mol. The van der Waals surface area contributed by atoms with Gasteiger partial charge in [0.1, 0.15) is 17.3 Å². The van der Waals surface area contributed by atoms with Gasteiger partial charge in [0.15, 0.2) is 11.5 Å². The summed E-state index contributed by atoms with van der Waals surface area (Å²) in [6, 6.07) is 12.3. The van der Waals surface area contributed by atoms with Crippen LogP contribution in [0.4, 0.5) is 4.39 Å². The van der Waals surface area contributed by atoms with Gasteiger partial charge in [0, 0.05) is 31.6 Å². The third kappa shape index (κ3) is 3.55. The Hall–Kier alpha value is -3.35. The van der Waals surface area contributed by atoms with Crippen LogP contribution in [0.2, 0.25) is 0 Å². The molecule has 29 heavy (non-hydrogen) atoms. The molecular weight excluding hydrogens is 373 g/mol. The predicted octanol–water partition coefficient (Wildman–Crippen LogP) is 3.41. The Labute approximate surface area is 167 Å². The number of amides is 1. The molecule has 7 heteroatoms. The van der Waals surface area contributed by atoms with Crippen molar-refractivity contribution in [2.45, 2.75) is 31.8 Å². The smallest absolute Gasteiger partial charge is 0.271 e. The van der Waals surface area contributed by atoms with Gasteiger partial charge < -0.3 is 19.4 Å². The van der Waals surface area contributed by atoms with Crippen LogP contribution in [0, 0.1) is 5.82 Å². The van der Waals surface area contributed by atoms with E-state index in [2.05, 4.69) is 10.3 Å². The van der Waals surface area contributed by atoms with Crippen LogP contribution in [0.25, 0.3) is 0 Å². The van der Waals surface area contributed by atoms with Crippen molar-refractivity contribution in [3.63, 3.8) is 0 Å². The Morgan fingerprint density at radius 2 is 2.10 bits per heavy atom. The molecular formula is C22H20FN3O3. The fourth-order valence-electron chi connectivity index (χ4n) is 3.91. The van der Waals surface area contributed by atoms with Crippen molar-refractivity contribution in [3.05, 3.63) is 77.1 Å². The van der Waals surface area contributed by atoms with E-state index < -0.39 is 0 Å². The van der Waals surface area contributed by atoms with Crippen molar-refractivity contribution in [2.75, 3.05) is 6.79 Å². The van der Waals surface area contributed by atoms with Crippen LogP contribution in [0.1, 0.15) is 39.8 Å². The van der Waals surface area contributed by atoms with E-state index in [1.165, 1.54) is 6.07 Å². The number of nitrogens with one attached hydrogen (secondary N) is 1. The molecule has 0 aliphatic carbocycles. The fraction of sp³-hybridized carbons (Fsp3) is 0.273. The van der Waals surface area contributed by atoms with Gasteiger partial charge in [-0.25, -0.2) is 9.37 Å². The molecule has 0 saturated heterocycles. The minimum atomic E-state index is -0.220. The Bertz CT molecular complexity index is 1080. The number of halogens is 1. The lowest BCUT2D eigenvalue weighted by Crippen LogP contribution is -2.23. The van der Waals surface area contributed by atoms with Crippen molar-refractivity contribution in [2.24, 2.45) is 0 Å². The largest absolute Gasteiger partial charge is 0.454 e. The number of nitrogens with zero attached hydrogens (tertiary/aromatic N) is 2. The summed E-state index contributed by atoms with van der Waals surface area (Å²) < 4.78 is 26.2. The van der Waals surface area contributed by atoms with Gasteiger partial charge in [-0.2, -0.15) is 0 Å². The van der Waals surface area contributed by atoms with E-state index in [9.17, 15) is 9.18 Å². The summed E-state index contributed by atoms with van der Waals surface area (Å²) in [5, 5.41) is 2.91. The number of carbonyl (C=O) groups excluding carboxylic acids is 1. The number of rotatable bonds is 4. The summed E-state index contributed by atoms with van der Waals surface area (Å²) in [7, 11) is 0. The maximum absolute atomic E-state index is 13.5. The van der Waals surface area contributed by atoms with Crippen LogP contribution in [-0.4, -0.2) is 22.3 Å². The molecule has 3 heterocycles. The van der Waals surface area contributed by atoms with Crippen LogP contribution in [0.5, 0.6) is 11.5 Å². The minimum Gasteiger partial charge on any atom is -0.454 e. The molecule has 6 nitrogen and oxygen atoms in total. The van der Waals surface area contributed by atoms with Gasteiger partial charge in [-0.05, 0) is 41.8 Å². The summed E-state index contributed by atoms with van der Waals surface area (Å²) in [6.45, 7) is 1.30. The highest BCUT2D eigenvalue weighted by molar-refractivity contribution is 5.92. The number of hydrogen-bond acceptors (Lipinski definition) is 4. The van der Waals surface area contributed by atoms with E-state index in [1.54, 1.807) is 18.3 Å². The van der Waals surface area contributed by atoms with Crippen molar-refractivity contribution in [1.82, 2.24) is 14.9 Å². The zero-order valence-electron chi connectivity index (χ0n) is 15.7. The number of ether oxygens (including phenoxy) is 2. The van der Waals surface area contributed by atoms with Crippen LogP contribution >= 0.6 is 0 Å². The molecule has 3 aromatic rings. The van der Waals surface area contributed by atoms with Crippen LogP contribution in [0.15, 0.2) is 48.7 Å². The first-order valence-corrected chi connectivity index (χ1v) is 9.64. The molecule has 2 aliphatic heterocycles. The number of fused-ring (bicyclic) bond motifs is 2. The first kappa shape index (κ1) is 17.7. The average molecular weight is 393 g/mol. The molecule has 1 atom stereocenters. The van der Waals surface area contributed by atoms with E-state index in [4.69, 9.17) is 9.47 Å². The molecule has 0 bridgehead atoms. The number of aryl methyl sites for hydroxylation is 1. The molecule has 1 unspecified atom stereocenters. The second-order valence-corrected chi connectivity index (χ2v) is 7.36. The molecule has 2 aliphatic rings. The maximum Gasteiger partial charge on any atom is 0.271 e. The molecule has 5 rings (SSSR count). The molecule has 1 aromatic heterocycles. The molecule has 1 N–H and O–H groups in total. The fourth-order valence-corrected chi connectivity index (χ4v) is 3.91. The average Bonchev–Trinajstić information content (AvgIpc) is 3.37. The first-order chi connectivity index (χ1) is 14.2. The van der Waals surface area contributed by atoms with E-state index in [1.807, 2.05) is 28.8 Å². The van der Waals surface area contributed by atoms with Gasteiger partial charge in [0.25, 0.3) is 5.91 Å². The van der Waals surface area contributed by atoms with E-state index in [0.717, 1.165) is 35.5 Å². The van der Waals surface area contributed by atoms with Crippen LogP contribution in [0.3, 0.4) is 0 Å². The van der Waals surface area contributed by atoms with Gasteiger partial charge >= 0.3 is 0 Å². The summed E-state index contributed by atoms with van der Waals surface area (Å²) in [4.78, 5) is 17.1. The molecule has 0 saturated carbocycles. The highest BCUT2D eigenvalue weighted by Gasteiger charge is 2.24. The minimum absolute atomic E-state index is 0.216. The summed E-state index contributed by atoms with van der Waals surface area (Å²) in [5.74, 6) is 2.09. The monoisotopic (exact) mass is 393 g/mol. The summed E-state index contributed by atoms with van der Waals surface area (Å²) in [6.07, 6.45) is 3.44. The number of benzene rings is 2. The quantitative estimate of drug-likeness (QED) is 0.738. The third-order valence-electron chi connectivity index (χ3n) is 5.44. The molecule has 2 aromatic carbocycles. The lowest BCUT2D eigenvalue weighted by atomic mass is 9.91.